The van der Waals surface area contributed by atoms with Gasteiger partial charge in [0.05, 0.1) is 14.2 Å². The summed E-state index contributed by atoms with van der Waals surface area (Å²) in [6.07, 6.45) is 5.82. The number of piperidine rings is 1. The molecule has 1 aromatic rings. The molecule has 7 nitrogen and oxygen atoms in total. The third-order valence-electron chi connectivity index (χ3n) is 5.57. The zero-order valence-corrected chi connectivity index (χ0v) is 20.8. The first-order valence-corrected chi connectivity index (χ1v) is 10.7. The topological polar surface area (TPSA) is 67.4 Å². The van der Waals surface area contributed by atoms with Gasteiger partial charge in [-0.05, 0) is 38.0 Å². The lowest BCUT2D eigenvalue weighted by Gasteiger charge is -2.34. The predicted octanol–water partition coefficient (Wildman–Crippen LogP) is 3.27. The fourth-order valence-corrected chi connectivity index (χ4v) is 3.56. The van der Waals surface area contributed by atoms with Crippen LogP contribution < -0.4 is 25.0 Å². The molecule has 1 aliphatic carbocycles. The van der Waals surface area contributed by atoms with Crippen molar-refractivity contribution in [2.75, 3.05) is 59.0 Å². The molecule has 2 aliphatic rings. The Morgan fingerprint density at radius 1 is 1.07 bits per heavy atom. The SMILES string of the molecule is CN=C(NCCCOCC1CC1)NC1CCN(c2cc(OC)cc(OC)c2)CC1.I. The molecule has 0 amide bonds. The molecular weight excluding hydrogens is 495 g/mol. The highest BCUT2D eigenvalue weighted by molar-refractivity contribution is 14.0. The van der Waals surface area contributed by atoms with Crippen LogP contribution in [-0.4, -0.2) is 66.1 Å². The van der Waals surface area contributed by atoms with Gasteiger partial charge in [0.25, 0.3) is 0 Å². The van der Waals surface area contributed by atoms with Gasteiger partial charge in [0.1, 0.15) is 11.5 Å². The van der Waals surface area contributed by atoms with Crippen LogP contribution >= 0.6 is 24.0 Å². The van der Waals surface area contributed by atoms with Gasteiger partial charge in [0.2, 0.25) is 0 Å². The van der Waals surface area contributed by atoms with Gasteiger partial charge in [-0.25, -0.2) is 0 Å². The predicted molar refractivity (Wildman–Crippen MR) is 133 cm³/mol. The van der Waals surface area contributed by atoms with Gasteiger partial charge >= 0.3 is 0 Å². The number of halogens is 1. The van der Waals surface area contributed by atoms with Crippen LogP contribution in [-0.2, 0) is 4.74 Å². The number of ether oxygens (including phenoxy) is 3. The lowest BCUT2D eigenvalue weighted by Crippen LogP contribution is -2.49. The fourth-order valence-electron chi connectivity index (χ4n) is 3.56. The molecule has 1 heterocycles. The maximum Gasteiger partial charge on any atom is 0.191 e. The quantitative estimate of drug-likeness (QED) is 0.209. The van der Waals surface area contributed by atoms with Crippen LogP contribution in [0.5, 0.6) is 11.5 Å². The first-order valence-electron chi connectivity index (χ1n) is 10.7. The summed E-state index contributed by atoms with van der Waals surface area (Å²) in [6.45, 7) is 4.61. The average molecular weight is 532 g/mol. The minimum atomic E-state index is 0. The largest absolute Gasteiger partial charge is 0.497 e. The number of aliphatic imine (C=N–C) groups is 1. The number of guanidine groups is 1. The number of hydrogen-bond donors (Lipinski definition) is 2. The van der Waals surface area contributed by atoms with Crippen molar-refractivity contribution in [2.45, 2.75) is 38.1 Å². The molecule has 1 saturated carbocycles. The van der Waals surface area contributed by atoms with E-state index < -0.39 is 0 Å². The molecular formula is C22H37IN4O3. The Kier molecular flexibility index (Phi) is 10.8. The first kappa shape index (κ1) is 24.8. The Morgan fingerprint density at radius 2 is 1.73 bits per heavy atom. The van der Waals surface area contributed by atoms with Crippen LogP contribution in [0.3, 0.4) is 0 Å². The Balaban J connectivity index is 0.00000320. The Bertz CT molecular complexity index is 640. The Hall–Kier alpha value is -1.42. The molecule has 0 unspecified atom stereocenters. The number of benzene rings is 1. The zero-order valence-electron chi connectivity index (χ0n) is 18.5. The molecule has 1 aliphatic heterocycles. The summed E-state index contributed by atoms with van der Waals surface area (Å²) in [4.78, 5) is 6.75. The van der Waals surface area contributed by atoms with E-state index in [9.17, 15) is 0 Å². The molecule has 0 spiro atoms. The molecule has 1 saturated heterocycles. The van der Waals surface area contributed by atoms with Crippen molar-refractivity contribution in [1.29, 1.82) is 0 Å². The lowest BCUT2D eigenvalue weighted by atomic mass is 10.0. The van der Waals surface area contributed by atoms with E-state index in [-0.39, 0.29) is 24.0 Å². The molecule has 30 heavy (non-hydrogen) atoms. The van der Waals surface area contributed by atoms with Gasteiger partial charge in [0, 0.05) is 69.8 Å². The van der Waals surface area contributed by atoms with E-state index >= 15 is 0 Å². The number of rotatable bonds is 10. The van der Waals surface area contributed by atoms with Gasteiger partial charge in [-0.2, -0.15) is 0 Å². The second-order valence-electron chi connectivity index (χ2n) is 7.85. The zero-order chi connectivity index (χ0) is 20.5. The highest BCUT2D eigenvalue weighted by Gasteiger charge is 2.22. The highest BCUT2D eigenvalue weighted by atomic mass is 127. The van der Waals surface area contributed by atoms with Gasteiger partial charge in [0.15, 0.2) is 5.96 Å². The number of anilines is 1. The molecule has 0 atom stereocenters. The van der Waals surface area contributed by atoms with E-state index in [2.05, 4.69) is 32.7 Å². The number of nitrogens with one attached hydrogen (secondary N) is 2. The van der Waals surface area contributed by atoms with Crippen molar-refractivity contribution in [1.82, 2.24) is 10.6 Å². The van der Waals surface area contributed by atoms with Crippen molar-refractivity contribution in [3.8, 4) is 11.5 Å². The highest BCUT2D eigenvalue weighted by Crippen LogP contribution is 2.30. The lowest BCUT2D eigenvalue weighted by molar-refractivity contribution is 0.123. The minimum Gasteiger partial charge on any atom is -0.497 e. The summed E-state index contributed by atoms with van der Waals surface area (Å²) >= 11 is 0. The van der Waals surface area contributed by atoms with Crippen molar-refractivity contribution < 1.29 is 14.2 Å². The molecule has 2 N–H and O–H groups in total. The summed E-state index contributed by atoms with van der Waals surface area (Å²) in [7, 11) is 5.20. The average Bonchev–Trinajstić information content (AvgIpc) is 3.59. The molecule has 0 radical (unpaired) electrons. The van der Waals surface area contributed by atoms with E-state index in [1.165, 1.54) is 12.8 Å². The molecule has 170 valence electrons. The van der Waals surface area contributed by atoms with E-state index in [4.69, 9.17) is 14.2 Å². The van der Waals surface area contributed by atoms with Crippen LogP contribution in [0.25, 0.3) is 0 Å². The normalized spacial score (nSPS) is 17.3. The van der Waals surface area contributed by atoms with E-state index in [1.54, 1.807) is 14.2 Å². The number of hydrogen-bond acceptors (Lipinski definition) is 5. The van der Waals surface area contributed by atoms with Crippen LogP contribution in [0, 0.1) is 5.92 Å². The van der Waals surface area contributed by atoms with E-state index in [1.807, 2.05) is 13.1 Å². The summed E-state index contributed by atoms with van der Waals surface area (Å²) in [5.74, 6) is 3.37. The Morgan fingerprint density at radius 3 is 2.30 bits per heavy atom. The monoisotopic (exact) mass is 532 g/mol. The third-order valence-corrected chi connectivity index (χ3v) is 5.57. The van der Waals surface area contributed by atoms with Crippen LogP contribution in [0.4, 0.5) is 5.69 Å². The van der Waals surface area contributed by atoms with Gasteiger partial charge in [-0.15, -0.1) is 24.0 Å². The van der Waals surface area contributed by atoms with Gasteiger partial charge in [-0.3, -0.25) is 4.99 Å². The van der Waals surface area contributed by atoms with E-state index in [0.29, 0.717) is 6.04 Å². The fraction of sp³-hybridized carbons (Fsp3) is 0.682. The van der Waals surface area contributed by atoms with Crippen molar-refractivity contribution in [3.05, 3.63) is 18.2 Å². The first-order chi connectivity index (χ1) is 14.2. The van der Waals surface area contributed by atoms with Crippen LogP contribution in [0.2, 0.25) is 0 Å². The van der Waals surface area contributed by atoms with Crippen molar-refractivity contribution >= 4 is 35.6 Å². The maximum atomic E-state index is 5.69. The molecule has 3 rings (SSSR count). The van der Waals surface area contributed by atoms with Crippen LogP contribution in [0.15, 0.2) is 23.2 Å². The van der Waals surface area contributed by atoms with Crippen LogP contribution in [0.1, 0.15) is 32.1 Å². The molecule has 2 fully saturated rings. The smallest absolute Gasteiger partial charge is 0.191 e. The third kappa shape index (κ3) is 8.02. The second kappa shape index (κ2) is 13.1. The molecule has 8 heteroatoms. The molecule has 0 bridgehead atoms. The summed E-state index contributed by atoms with van der Waals surface area (Å²) in [6, 6.07) is 6.48. The van der Waals surface area contributed by atoms with Gasteiger partial charge < -0.3 is 29.7 Å². The summed E-state index contributed by atoms with van der Waals surface area (Å²) < 4.78 is 16.5. The van der Waals surface area contributed by atoms with Crippen molar-refractivity contribution in [3.63, 3.8) is 0 Å². The maximum absolute atomic E-state index is 5.69. The minimum absolute atomic E-state index is 0. The molecule has 1 aromatic carbocycles. The number of nitrogens with zero attached hydrogens (tertiary/aromatic N) is 2. The standard InChI is InChI=1S/C22H36N4O3.HI/c1-23-22(24-9-4-12-29-16-17-5-6-17)25-18-7-10-26(11-8-18)19-13-20(27-2)15-21(14-19)28-3;/h13-15,17-18H,4-12,16H2,1-3H3,(H2,23,24,25);1H. The molecule has 0 aromatic heterocycles. The summed E-state index contributed by atoms with van der Waals surface area (Å²) in [5.41, 5.74) is 1.15. The second-order valence-corrected chi connectivity index (χ2v) is 7.85. The number of methoxy groups -OCH3 is 2. The van der Waals surface area contributed by atoms with Crippen molar-refractivity contribution in [2.24, 2.45) is 10.9 Å². The summed E-state index contributed by atoms with van der Waals surface area (Å²) in [5, 5.41) is 6.97. The van der Waals surface area contributed by atoms with E-state index in [0.717, 1.165) is 81.2 Å². The Labute approximate surface area is 197 Å². The van der Waals surface area contributed by atoms with Gasteiger partial charge in [-0.1, -0.05) is 0 Å².